The molecule has 1 aromatic carbocycles. The van der Waals surface area contributed by atoms with Gasteiger partial charge in [-0.3, -0.25) is 14.4 Å². The van der Waals surface area contributed by atoms with Gasteiger partial charge in [0.15, 0.2) is 0 Å². The first kappa shape index (κ1) is 25.7. The largest absolute Gasteiger partial charge is 0.481 e. The van der Waals surface area contributed by atoms with E-state index in [0.29, 0.717) is 17.0 Å². The van der Waals surface area contributed by atoms with Crippen molar-refractivity contribution in [2.24, 2.45) is 5.92 Å². The summed E-state index contributed by atoms with van der Waals surface area (Å²) >= 11 is 7.86. The number of aryl methyl sites for hydroxylation is 2. The fourth-order valence-corrected chi connectivity index (χ4v) is 5.41. The van der Waals surface area contributed by atoms with Gasteiger partial charge >= 0.3 is 5.97 Å². The molecule has 0 bridgehead atoms. The minimum absolute atomic E-state index is 0.151. The maximum Gasteiger partial charge on any atom is 0.305 e. The van der Waals surface area contributed by atoms with Gasteiger partial charge < -0.3 is 15.0 Å². The number of carbonyl (C=O) groups is 2. The molecule has 2 heterocycles. The minimum Gasteiger partial charge on any atom is -0.481 e. The number of pyridine rings is 1. The second kappa shape index (κ2) is 11.0. The van der Waals surface area contributed by atoms with Crippen molar-refractivity contribution in [3.8, 4) is 10.4 Å². The van der Waals surface area contributed by atoms with Crippen molar-refractivity contribution in [1.29, 1.82) is 0 Å². The number of amides is 1. The lowest BCUT2D eigenvalue weighted by Gasteiger charge is -2.24. The Morgan fingerprint density at radius 3 is 2.53 bits per heavy atom. The molecule has 0 aliphatic heterocycles. The average Bonchev–Trinajstić information content (AvgIpc) is 3.21. The standard InChI is InChI=1S/C26H29ClN2O4S/c1-15(2)10-21(29-9-8-16(3)11-23(29)30)26(33)28-20(13-24(31)32)18-12-22(34-14-18)25-17(4)6-5-7-19(25)27/h5-9,11-12,14-15,20-21H,10,13H2,1-4H3,(H,28,33)(H,31,32)/t20-,21-/m0/s1. The lowest BCUT2D eigenvalue weighted by atomic mass is 10.00. The lowest BCUT2D eigenvalue weighted by molar-refractivity contribution is -0.138. The van der Waals surface area contributed by atoms with Crippen LogP contribution in [0.2, 0.25) is 5.02 Å². The first-order valence-corrected chi connectivity index (χ1v) is 12.4. The monoisotopic (exact) mass is 500 g/mol. The van der Waals surface area contributed by atoms with Crippen LogP contribution in [0.4, 0.5) is 0 Å². The molecule has 2 atom stereocenters. The molecule has 1 amide bonds. The fourth-order valence-electron chi connectivity index (χ4n) is 3.94. The Bertz CT molecular complexity index is 1230. The predicted octanol–water partition coefficient (Wildman–Crippen LogP) is 5.77. The number of carboxylic acids is 1. The van der Waals surface area contributed by atoms with Gasteiger partial charge in [0.05, 0.1) is 12.5 Å². The van der Waals surface area contributed by atoms with E-state index in [0.717, 1.165) is 21.6 Å². The van der Waals surface area contributed by atoms with Crippen molar-refractivity contribution in [3.05, 3.63) is 80.0 Å². The summed E-state index contributed by atoms with van der Waals surface area (Å²) in [7, 11) is 0. The summed E-state index contributed by atoms with van der Waals surface area (Å²) < 4.78 is 1.42. The number of nitrogens with one attached hydrogen (secondary N) is 1. The molecule has 0 radical (unpaired) electrons. The number of aliphatic carboxylic acids is 1. The Kier molecular flexibility index (Phi) is 8.33. The van der Waals surface area contributed by atoms with E-state index in [9.17, 15) is 19.5 Å². The topological polar surface area (TPSA) is 88.4 Å². The van der Waals surface area contributed by atoms with E-state index in [1.165, 1.54) is 22.0 Å². The number of rotatable bonds is 9. The Hall–Kier alpha value is -2.90. The van der Waals surface area contributed by atoms with Gasteiger partial charge in [0.25, 0.3) is 5.56 Å². The molecule has 0 saturated carbocycles. The normalized spacial score (nSPS) is 13.0. The van der Waals surface area contributed by atoms with Gasteiger partial charge in [0.2, 0.25) is 5.91 Å². The van der Waals surface area contributed by atoms with Gasteiger partial charge in [0.1, 0.15) is 6.04 Å². The highest BCUT2D eigenvalue weighted by Gasteiger charge is 2.27. The SMILES string of the molecule is Cc1ccn([C@@H](CC(C)C)C(=O)N[C@@H](CC(=O)O)c2csc(-c3c(C)cccc3Cl)c2)c(=O)c1. The molecule has 3 aromatic rings. The lowest BCUT2D eigenvalue weighted by Crippen LogP contribution is -2.40. The summed E-state index contributed by atoms with van der Waals surface area (Å²) in [5.74, 6) is -1.26. The van der Waals surface area contributed by atoms with Crippen LogP contribution < -0.4 is 10.9 Å². The zero-order chi connectivity index (χ0) is 25.0. The molecular formula is C26H29ClN2O4S. The number of benzene rings is 1. The zero-order valence-electron chi connectivity index (χ0n) is 19.7. The first-order valence-electron chi connectivity index (χ1n) is 11.1. The molecule has 6 nitrogen and oxygen atoms in total. The van der Waals surface area contributed by atoms with Gasteiger partial charge in [-0.15, -0.1) is 11.3 Å². The van der Waals surface area contributed by atoms with E-state index in [-0.39, 0.29) is 23.8 Å². The molecule has 3 rings (SSSR count). The third-order valence-corrected chi connectivity index (χ3v) is 6.90. The predicted molar refractivity (Wildman–Crippen MR) is 137 cm³/mol. The van der Waals surface area contributed by atoms with Crippen LogP contribution in [0.5, 0.6) is 0 Å². The van der Waals surface area contributed by atoms with Crippen LogP contribution >= 0.6 is 22.9 Å². The van der Waals surface area contributed by atoms with Crippen molar-refractivity contribution >= 4 is 34.8 Å². The fraction of sp³-hybridized carbons (Fsp3) is 0.346. The zero-order valence-corrected chi connectivity index (χ0v) is 21.2. The van der Waals surface area contributed by atoms with Gasteiger partial charge in [-0.25, -0.2) is 0 Å². The van der Waals surface area contributed by atoms with Crippen molar-refractivity contribution in [1.82, 2.24) is 9.88 Å². The molecule has 2 N–H and O–H groups in total. The quantitative estimate of drug-likeness (QED) is 0.390. The number of carboxylic acid groups (broad SMARTS) is 1. The molecule has 0 fully saturated rings. The van der Waals surface area contributed by atoms with Crippen LogP contribution in [0.15, 0.2) is 52.8 Å². The Morgan fingerprint density at radius 2 is 1.91 bits per heavy atom. The molecule has 0 unspecified atom stereocenters. The number of carbonyl (C=O) groups excluding carboxylic acids is 1. The number of nitrogens with zero attached hydrogens (tertiary/aromatic N) is 1. The second-order valence-electron chi connectivity index (χ2n) is 8.93. The van der Waals surface area contributed by atoms with E-state index in [1.54, 1.807) is 12.3 Å². The minimum atomic E-state index is -1.03. The number of thiophene rings is 1. The first-order chi connectivity index (χ1) is 16.1. The highest BCUT2D eigenvalue weighted by atomic mass is 35.5. The third kappa shape index (κ3) is 6.15. The number of aromatic nitrogens is 1. The summed E-state index contributed by atoms with van der Waals surface area (Å²) in [6.07, 6.45) is 1.79. The van der Waals surface area contributed by atoms with E-state index in [4.69, 9.17) is 11.6 Å². The maximum atomic E-state index is 13.4. The van der Waals surface area contributed by atoms with Crippen molar-refractivity contribution in [2.45, 2.75) is 52.6 Å². The number of hydrogen-bond acceptors (Lipinski definition) is 4. The second-order valence-corrected chi connectivity index (χ2v) is 10.2. The van der Waals surface area contributed by atoms with Crippen LogP contribution in [-0.2, 0) is 9.59 Å². The van der Waals surface area contributed by atoms with E-state index in [2.05, 4.69) is 5.32 Å². The van der Waals surface area contributed by atoms with Crippen molar-refractivity contribution in [2.75, 3.05) is 0 Å². The summed E-state index contributed by atoms with van der Waals surface area (Å²) in [6.45, 7) is 7.74. The van der Waals surface area contributed by atoms with E-state index < -0.39 is 18.1 Å². The number of halogens is 1. The molecular weight excluding hydrogens is 472 g/mol. The smallest absolute Gasteiger partial charge is 0.305 e. The molecule has 0 saturated heterocycles. The van der Waals surface area contributed by atoms with Crippen LogP contribution in [-0.4, -0.2) is 21.6 Å². The third-order valence-electron chi connectivity index (χ3n) is 5.62. The summed E-state index contributed by atoms with van der Waals surface area (Å²) in [5.41, 5.74) is 3.15. The molecule has 0 spiro atoms. The van der Waals surface area contributed by atoms with Crippen LogP contribution in [0.25, 0.3) is 10.4 Å². The van der Waals surface area contributed by atoms with Gasteiger partial charge in [0, 0.05) is 27.7 Å². The van der Waals surface area contributed by atoms with E-state index in [1.807, 2.05) is 57.3 Å². The Labute approximate surface area is 208 Å². The Balaban J connectivity index is 1.94. The van der Waals surface area contributed by atoms with E-state index >= 15 is 0 Å². The van der Waals surface area contributed by atoms with Crippen LogP contribution in [0.3, 0.4) is 0 Å². The van der Waals surface area contributed by atoms with Crippen molar-refractivity contribution in [3.63, 3.8) is 0 Å². The molecule has 0 aliphatic rings. The summed E-state index contributed by atoms with van der Waals surface area (Å²) in [6, 6.07) is 9.33. The molecule has 180 valence electrons. The highest BCUT2D eigenvalue weighted by molar-refractivity contribution is 7.13. The molecule has 34 heavy (non-hydrogen) atoms. The summed E-state index contributed by atoms with van der Waals surface area (Å²) in [4.78, 5) is 38.5. The van der Waals surface area contributed by atoms with Gasteiger partial charge in [-0.1, -0.05) is 37.6 Å². The highest BCUT2D eigenvalue weighted by Crippen LogP contribution is 2.37. The van der Waals surface area contributed by atoms with Crippen molar-refractivity contribution < 1.29 is 14.7 Å². The Morgan fingerprint density at radius 1 is 1.18 bits per heavy atom. The average molecular weight is 501 g/mol. The van der Waals surface area contributed by atoms with Gasteiger partial charge in [-0.05, 0) is 66.5 Å². The molecule has 8 heteroatoms. The van der Waals surface area contributed by atoms with Crippen LogP contribution in [0, 0.1) is 19.8 Å². The van der Waals surface area contributed by atoms with Gasteiger partial charge in [-0.2, -0.15) is 0 Å². The molecule has 0 aliphatic carbocycles. The number of hydrogen-bond donors (Lipinski definition) is 2. The molecule has 2 aromatic heterocycles. The van der Waals surface area contributed by atoms with Crippen LogP contribution in [0.1, 0.15) is 55.5 Å². The maximum absolute atomic E-state index is 13.4. The summed E-state index contributed by atoms with van der Waals surface area (Å²) in [5, 5.41) is 14.9.